The van der Waals surface area contributed by atoms with E-state index in [1.54, 1.807) is 0 Å². The average Bonchev–Trinajstić information content (AvgIpc) is 2.58. The maximum absolute atomic E-state index is 12.9. The van der Waals surface area contributed by atoms with Gasteiger partial charge in [0.05, 0.1) is 17.9 Å². The van der Waals surface area contributed by atoms with Gasteiger partial charge in [-0.25, -0.2) is 0 Å². The summed E-state index contributed by atoms with van der Waals surface area (Å²) < 4.78 is 28.8. The second kappa shape index (κ2) is 5.77. The first kappa shape index (κ1) is 15.4. The van der Waals surface area contributed by atoms with Crippen molar-refractivity contribution in [3.05, 3.63) is 54.6 Å². The van der Waals surface area contributed by atoms with Crippen LogP contribution in [0.3, 0.4) is 0 Å². The van der Waals surface area contributed by atoms with Crippen molar-refractivity contribution in [1.29, 1.82) is 0 Å². The fraction of sp³-hybridized carbons (Fsp3) is 0.294. The van der Waals surface area contributed by atoms with E-state index in [1.165, 1.54) is 8.61 Å². The number of rotatable bonds is 3. The van der Waals surface area contributed by atoms with E-state index in [0.717, 1.165) is 11.4 Å². The van der Waals surface area contributed by atoms with Crippen LogP contribution < -0.4 is 14.9 Å². The molecule has 0 spiro atoms. The van der Waals surface area contributed by atoms with Crippen molar-refractivity contribution < 1.29 is 8.42 Å². The molecule has 6 nitrogen and oxygen atoms in total. The molecule has 1 fully saturated rings. The zero-order valence-electron chi connectivity index (χ0n) is 13.2. The second-order valence-corrected chi connectivity index (χ2v) is 7.99. The van der Waals surface area contributed by atoms with Gasteiger partial charge in [-0.2, -0.15) is 12.7 Å². The quantitative estimate of drug-likeness (QED) is 0.917. The molecule has 4 rings (SSSR count). The summed E-state index contributed by atoms with van der Waals surface area (Å²) >= 11 is 0. The van der Waals surface area contributed by atoms with Gasteiger partial charge in [0.1, 0.15) is 0 Å². The molecule has 126 valence electrons. The van der Waals surface area contributed by atoms with E-state index in [2.05, 4.69) is 4.90 Å². The third-order valence-corrected chi connectivity index (χ3v) is 6.40. The molecule has 2 heterocycles. The fourth-order valence-electron chi connectivity index (χ4n) is 3.25. The average molecular weight is 344 g/mol. The Bertz CT molecular complexity index is 835. The topological polar surface area (TPSA) is 69.9 Å². The van der Waals surface area contributed by atoms with E-state index in [4.69, 9.17) is 5.73 Å². The Balaban J connectivity index is 1.72. The van der Waals surface area contributed by atoms with Crippen molar-refractivity contribution in [2.75, 3.05) is 35.4 Å². The van der Waals surface area contributed by atoms with Crippen LogP contribution in [-0.2, 0) is 10.2 Å². The molecule has 0 atom stereocenters. The van der Waals surface area contributed by atoms with Crippen LogP contribution >= 0.6 is 0 Å². The SMILES string of the molecule is NC1CN(S(=O)(=O)N2CCN(c3ccccc3)c3ccccc32)C1. The fourth-order valence-corrected chi connectivity index (χ4v) is 5.00. The Morgan fingerprint density at radius 3 is 2.17 bits per heavy atom. The first-order chi connectivity index (χ1) is 11.6. The Hall–Kier alpha value is -2.09. The first-order valence-corrected chi connectivity index (χ1v) is 9.42. The zero-order chi connectivity index (χ0) is 16.7. The highest BCUT2D eigenvalue weighted by Crippen LogP contribution is 2.39. The van der Waals surface area contributed by atoms with Crippen molar-refractivity contribution in [2.24, 2.45) is 5.73 Å². The van der Waals surface area contributed by atoms with Crippen LogP contribution in [0.4, 0.5) is 17.1 Å². The molecule has 0 aromatic heterocycles. The van der Waals surface area contributed by atoms with E-state index in [9.17, 15) is 8.42 Å². The van der Waals surface area contributed by atoms with Gasteiger partial charge in [-0.15, -0.1) is 0 Å². The number of nitrogens with two attached hydrogens (primary N) is 1. The molecule has 0 unspecified atom stereocenters. The highest BCUT2D eigenvalue weighted by Gasteiger charge is 2.40. The standard InChI is InChI=1S/C17H20N4O2S/c18-14-12-19(13-14)24(22,23)21-11-10-20(15-6-2-1-3-7-15)16-8-4-5-9-17(16)21/h1-9,14H,10-13,18H2. The van der Waals surface area contributed by atoms with Crippen LogP contribution in [0, 0.1) is 0 Å². The largest absolute Gasteiger partial charge is 0.338 e. The number of nitrogens with zero attached hydrogens (tertiary/aromatic N) is 3. The Kier molecular flexibility index (Phi) is 3.71. The number of anilines is 3. The van der Waals surface area contributed by atoms with Crippen molar-refractivity contribution in [1.82, 2.24) is 4.31 Å². The van der Waals surface area contributed by atoms with Gasteiger partial charge in [0.2, 0.25) is 0 Å². The van der Waals surface area contributed by atoms with Crippen LogP contribution in [0.15, 0.2) is 54.6 Å². The highest BCUT2D eigenvalue weighted by molar-refractivity contribution is 7.90. The van der Waals surface area contributed by atoms with Crippen molar-refractivity contribution in [2.45, 2.75) is 6.04 Å². The van der Waals surface area contributed by atoms with Crippen LogP contribution in [0.25, 0.3) is 0 Å². The molecule has 24 heavy (non-hydrogen) atoms. The Labute approximate surface area is 142 Å². The number of benzene rings is 2. The van der Waals surface area contributed by atoms with Crippen LogP contribution in [0.2, 0.25) is 0 Å². The minimum atomic E-state index is -3.52. The lowest BCUT2D eigenvalue weighted by Gasteiger charge is -2.43. The summed E-state index contributed by atoms with van der Waals surface area (Å²) in [6, 6.07) is 17.6. The summed E-state index contributed by atoms with van der Waals surface area (Å²) in [5.41, 5.74) is 8.44. The lowest BCUT2D eigenvalue weighted by molar-refractivity contribution is 0.264. The van der Waals surface area contributed by atoms with E-state index in [-0.39, 0.29) is 6.04 Å². The maximum Gasteiger partial charge on any atom is 0.304 e. The Morgan fingerprint density at radius 1 is 0.875 bits per heavy atom. The number of hydrogen-bond acceptors (Lipinski definition) is 4. The van der Waals surface area contributed by atoms with Gasteiger partial charge >= 0.3 is 10.2 Å². The molecular formula is C17H20N4O2S. The first-order valence-electron chi connectivity index (χ1n) is 8.02. The molecule has 2 aromatic rings. The smallest absolute Gasteiger partial charge is 0.304 e. The third kappa shape index (κ3) is 2.45. The molecule has 7 heteroatoms. The lowest BCUT2D eigenvalue weighted by Crippen LogP contribution is -2.62. The van der Waals surface area contributed by atoms with Crippen molar-refractivity contribution in [3.63, 3.8) is 0 Å². The van der Waals surface area contributed by atoms with E-state index in [0.29, 0.717) is 31.9 Å². The molecule has 0 bridgehead atoms. The summed E-state index contributed by atoms with van der Waals surface area (Å²) in [5.74, 6) is 0. The summed E-state index contributed by atoms with van der Waals surface area (Å²) in [5, 5.41) is 0. The molecule has 2 aliphatic heterocycles. The van der Waals surface area contributed by atoms with Crippen molar-refractivity contribution >= 4 is 27.3 Å². The van der Waals surface area contributed by atoms with Gasteiger partial charge in [-0.3, -0.25) is 4.31 Å². The third-order valence-electron chi connectivity index (χ3n) is 4.52. The second-order valence-electron chi connectivity index (χ2n) is 6.13. The highest BCUT2D eigenvalue weighted by atomic mass is 32.2. The molecule has 0 aliphatic carbocycles. The van der Waals surface area contributed by atoms with Crippen molar-refractivity contribution in [3.8, 4) is 0 Å². The van der Waals surface area contributed by atoms with Gasteiger partial charge in [0.25, 0.3) is 0 Å². The number of para-hydroxylation sites is 3. The van der Waals surface area contributed by atoms with Gasteiger partial charge in [-0.1, -0.05) is 30.3 Å². The van der Waals surface area contributed by atoms with Gasteiger partial charge in [-0.05, 0) is 24.3 Å². The van der Waals surface area contributed by atoms with Gasteiger partial charge in [0, 0.05) is 31.4 Å². The van der Waals surface area contributed by atoms with Crippen LogP contribution in [-0.4, -0.2) is 44.9 Å². The monoisotopic (exact) mass is 344 g/mol. The molecule has 0 radical (unpaired) electrons. The van der Waals surface area contributed by atoms with E-state index < -0.39 is 10.2 Å². The maximum atomic E-state index is 12.9. The molecule has 2 N–H and O–H groups in total. The Morgan fingerprint density at radius 2 is 1.50 bits per heavy atom. The van der Waals surface area contributed by atoms with E-state index in [1.807, 2.05) is 54.6 Å². The summed E-state index contributed by atoms with van der Waals surface area (Å²) in [6.07, 6.45) is 0. The number of hydrogen-bond donors (Lipinski definition) is 1. The van der Waals surface area contributed by atoms with Gasteiger partial charge < -0.3 is 10.6 Å². The predicted octanol–water partition coefficient (Wildman–Crippen LogP) is 1.53. The minimum Gasteiger partial charge on any atom is -0.338 e. The molecular weight excluding hydrogens is 324 g/mol. The number of fused-ring (bicyclic) bond motifs is 1. The zero-order valence-corrected chi connectivity index (χ0v) is 14.1. The summed E-state index contributed by atoms with van der Waals surface area (Å²) in [4.78, 5) is 2.16. The molecule has 2 aliphatic rings. The summed E-state index contributed by atoms with van der Waals surface area (Å²) in [6.45, 7) is 1.81. The van der Waals surface area contributed by atoms with E-state index >= 15 is 0 Å². The minimum absolute atomic E-state index is 0.0550. The molecule has 0 saturated carbocycles. The molecule has 1 saturated heterocycles. The molecule has 0 amide bonds. The van der Waals surface area contributed by atoms with Crippen LogP contribution in [0.1, 0.15) is 0 Å². The van der Waals surface area contributed by atoms with Crippen LogP contribution in [0.5, 0.6) is 0 Å². The summed E-state index contributed by atoms with van der Waals surface area (Å²) in [7, 11) is -3.52. The normalized spacial score (nSPS) is 19.0. The lowest BCUT2D eigenvalue weighted by atomic mass is 10.1. The van der Waals surface area contributed by atoms with Gasteiger partial charge in [0.15, 0.2) is 0 Å². The predicted molar refractivity (Wildman–Crippen MR) is 95.7 cm³/mol. The molecule has 2 aromatic carbocycles.